The monoisotopic (exact) mass is 308 g/mol. The summed E-state index contributed by atoms with van der Waals surface area (Å²) in [4.78, 5) is 12.5. The van der Waals surface area contributed by atoms with E-state index in [1.54, 1.807) is 0 Å². The molecule has 1 aliphatic carbocycles. The van der Waals surface area contributed by atoms with Crippen LogP contribution in [0.25, 0.3) is 0 Å². The molecule has 1 heterocycles. The molecule has 1 aliphatic heterocycles. The molecule has 124 valence electrons. The Bertz CT molecular complexity index is 471. The maximum atomic E-state index is 12.5. The molecule has 0 aromatic rings. The molecule has 2 atom stereocenters. The molecule has 0 saturated carbocycles. The number of hydrogen-bond donors (Lipinski definition) is 0. The van der Waals surface area contributed by atoms with Crippen molar-refractivity contribution in [3.63, 3.8) is 0 Å². The zero-order valence-electron chi connectivity index (χ0n) is 14.2. The van der Waals surface area contributed by atoms with Gasteiger partial charge in [0.05, 0.1) is 19.8 Å². The fourth-order valence-electron chi connectivity index (χ4n) is 3.53. The third-order valence-corrected chi connectivity index (χ3v) is 4.86. The van der Waals surface area contributed by atoms with Gasteiger partial charge in [0.2, 0.25) is 0 Å². The molecule has 1 saturated heterocycles. The Balaban J connectivity index is 2.24. The first-order valence-corrected chi connectivity index (χ1v) is 8.17. The molecular weight excluding hydrogens is 280 g/mol. The second-order valence-electron chi connectivity index (χ2n) is 6.46. The summed E-state index contributed by atoms with van der Waals surface area (Å²) in [5.74, 6) is -1.19. The Hall–Kier alpha value is -1.13. The van der Waals surface area contributed by atoms with E-state index < -0.39 is 11.7 Å². The summed E-state index contributed by atoms with van der Waals surface area (Å²) in [6, 6.07) is 0. The van der Waals surface area contributed by atoms with Gasteiger partial charge in [0.15, 0.2) is 5.79 Å². The van der Waals surface area contributed by atoms with E-state index in [9.17, 15) is 4.79 Å². The largest absolute Gasteiger partial charge is 0.466 e. The first-order valence-electron chi connectivity index (χ1n) is 8.17. The van der Waals surface area contributed by atoms with Crippen molar-refractivity contribution in [1.82, 2.24) is 0 Å². The molecule has 0 N–H and O–H groups in total. The minimum absolute atomic E-state index is 0.237. The molecule has 0 radical (unpaired) electrons. The molecule has 1 unspecified atom stereocenters. The lowest BCUT2D eigenvalue weighted by atomic mass is 9.84. The van der Waals surface area contributed by atoms with Crippen LogP contribution < -0.4 is 0 Å². The van der Waals surface area contributed by atoms with Gasteiger partial charge in [-0.15, -0.1) is 0 Å². The smallest absolute Gasteiger partial charge is 0.314 e. The normalized spacial score (nSPS) is 25.4. The van der Waals surface area contributed by atoms with Crippen LogP contribution in [-0.4, -0.2) is 31.6 Å². The van der Waals surface area contributed by atoms with Crippen molar-refractivity contribution in [3.8, 4) is 0 Å². The van der Waals surface area contributed by atoms with Gasteiger partial charge in [-0.2, -0.15) is 0 Å². The number of allylic oxidation sites excluding steroid dienone is 3. The quantitative estimate of drug-likeness (QED) is 0.555. The molecule has 0 spiro atoms. The van der Waals surface area contributed by atoms with Crippen LogP contribution in [0.4, 0.5) is 0 Å². The second kappa shape index (κ2) is 6.97. The first-order chi connectivity index (χ1) is 10.4. The van der Waals surface area contributed by atoms with Gasteiger partial charge in [0.25, 0.3) is 0 Å². The zero-order valence-corrected chi connectivity index (χ0v) is 14.2. The van der Waals surface area contributed by atoms with Gasteiger partial charge in [0, 0.05) is 5.92 Å². The van der Waals surface area contributed by atoms with E-state index in [-0.39, 0.29) is 5.97 Å². The summed E-state index contributed by atoms with van der Waals surface area (Å²) in [6.45, 7) is 13.4. The summed E-state index contributed by atoms with van der Waals surface area (Å²) in [5.41, 5.74) is 3.84. The summed E-state index contributed by atoms with van der Waals surface area (Å²) in [6.07, 6.45) is 2.78. The van der Waals surface area contributed by atoms with Crippen molar-refractivity contribution >= 4 is 5.97 Å². The van der Waals surface area contributed by atoms with Crippen molar-refractivity contribution in [2.45, 2.75) is 52.7 Å². The highest BCUT2D eigenvalue weighted by Gasteiger charge is 2.46. The van der Waals surface area contributed by atoms with Crippen molar-refractivity contribution in [3.05, 3.63) is 23.3 Å². The molecule has 1 fully saturated rings. The molecule has 4 nitrogen and oxygen atoms in total. The Morgan fingerprint density at radius 2 is 2.09 bits per heavy atom. The van der Waals surface area contributed by atoms with Crippen molar-refractivity contribution in [2.75, 3.05) is 19.8 Å². The number of ether oxygens (including phenoxy) is 3. The van der Waals surface area contributed by atoms with Crippen LogP contribution in [0.3, 0.4) is 0 Å². The summed E-state index contributed by atoms with van der Waals surface area (Å²) in [5, 5.41) is 0. The average molecular weight is 308 g/mol. The highest BCUT2D eigenvalue weighted by Crippen LogP contribution is 2.43. The first kappa shape index (κ1) is 17.2. The predicted octanol–water partition coefficient (Wildman–Crippen LogP) is 3.62. The van der Waals surface area contributed by atoms with E-state index in [0.29, 0.717) is 32.2 Å². The van der Waals surface area contributed by atoms with Gasteiger partial charge < -0.3 is 14.2 Å². The molecule has 22 heavy (non-hydrogen) atoms. The maximum Gasteiger partial charge on any atom is 0.314 e. The summed E-state index contributed by atoms with van der Waals surface area (Å²) in [7, 11) is 0. The van der Waals surface area contributed by atoms with Crippen LogP contribution in [0.5, 0.6) is 0 Å². The predicted molar refractivity (Wildman–Crippen MR) is 85.3 cm³/mol. The molecule has 0 aromatic carbocycles. The summed E-state index contributed by atoms with van der Waals surface area (Å²) < 4.78 is 16.8. The topological polar surface area (TPSA) is 44.8 Å². The molecule has 2 rings (SSSR count). The molecular formula is C18H28O4. The molecule has 0 amide bonds. The number of hydrogen-bond acceptors (Lipinski definition) is 4. The second-order valence-corrected chi connectivity index (χ2v) is 6.46. The van der Waals surface area contributed by atoms with Gasteiger partial charge in [-0.05, 0) is 47.0 Å². The highest BCUT2D eigenvalue weighted by molar-refractivity contribution is 5.74. The van der Waals surface area contributed by atoms with Crippen LogP contribution in [0.15, 0.2) is 23.3 Å². The minimum atomic E-state index is -0.887. The van der Waals surface area contributed by atoms with Gasteiger partial charge >= 0.3 is 5.97 Å². The lowest BCUT2D eigenvalue weighted by Gasteiger charge is -2.32. The molecule has 4 heteroatoms. The summed E-state index contributed by atoms with van der Waals surface area (Å²) >= 11 is 0. The van der Waals surface area contributed by atoms with Crippen LogP contribution >= 0.6 is 0 Å². The van der Waals surface area contributed by atoms with Crippen LogP contribution in [0.1, 0.15) is 47.0 Å². The maximum absolute atomic E-state index is 12.5. The SMILES string of the molecule is C=C(C)[C@@H]1CCC(C)=C1CC(C(=O)OCC)C1(C)OCCO1. The Labute approximate surface area is 133 Å². The lowest BCUT2D eigenvalue weighted by molar-refractivity contribution is -0.200. The van der Waals surface area contributed by atoms with E-state index in [2.05, 4.69) is 20.4 Å². The fourth-order valence-corrected chi connectivity index (χ4v) is 3.53. The van der Waals surface area contributed by atoms with E-state index in [0.717, 1.165) is 18.4 Å². The number of rotatable bonds is 6. The van der Waals surface area contributed by atoms with Crippen LogP contribution in [-0.2, 0) is 19.0 Å². The Morgan fingerprint density at radius 3 is 2.64 bits per heavy atom. The lowest BCUT2D eigenvalue weighted by Crippen LogP contribution is -2.42. The zero-order chi connectivity index (χ0) is 16.3. The Morgan fingerprint density at radius 1 is 1.45 bits per heavy atom. The third-order valence-electron chi connectivity index (χ3n) is 4.86. The average Bonchev–Trinajstić information content (AvgIpc) is 3.03. The number of carbonyl (C=O) groups excluding carboxylic acids is 1. The van der Waals surface area contributed by atoms with Gasteiger partial charge in [-0.1, -0.05) is 23.3 Å². The molecule has 0 bridgehead atoms. The minimum Gasteiger partial charge on any atom is -0.466 e. The molecule has 2 aliphatic rings. The fraction of sp³-hybridized carbons (Fsp3) is 0.722. The van der Waals surface area contributed by atoms with E-state index >= 15 is 0 Å². The number of esters is 1. The molecule has 0 aromatic heterocycles. The van der Waals surface area contributed by atoms with E-state index in [1.165, 1.54) is 11.1 Å². The van der Waals surface area contributed by atoms with Gasteiger partial charge in [0.1, 0.15) is 5.92 Å². The van der Waals surface area contributed by atoms with Gasteiger partial charge in [-0.25, -0.2) is 0 Å². The standard InChI is InChI=1S/C18H28O4/c1-6-20-17(19)16(18(5)21-9-10-22-18)11-15-13(4)7-8-14(15)12(2)3/h14,16H,2,6-11H2,1,3-5H3/t14-,16?/m0/s1. The van der Waals surface area contributed by atoms with Crippen LogP contribution in [0, 0.1) is 11.8 Å². The van der Waals surface area contributed by atoms with Crippen LogP contribution in [0.2, 0.25) is 0 Å². The van der Waals surface area contributed by atoms with Crippen molar-refractivity contribution < 1.29 is 19.0 Å². The van der Waals surface area contributed by atoms with E-state index in [4.69, 9.17) is 14.2 Å². The van der Waals surface area contributed by atoms with Crippen molar-refractivity contribution in [2.24, 2.45) is 11.8 Å². The van der Waals surface area contributed by atoms with E-state index in [1.807, 2.05) is 13.8 Å². The van der Waals surface area contributed by atoms with Gasteiger partial charge in [-0.3, -0.25) is 4.79 Å². The third kappa shape index (κ3) is 3.44. The highest BCUT2D eigenvalue weighted by atomic mass is 16.7. The van der Waals surface area contributed by atoms with Crippen molar-refractivity contribution in [1.29, 1.82) is 0 Å². The Kier molecular flexibility index (Phi) is 5.45. The number of carbonyl (C=O) groups is 1.